The van der Waals surface area contributed by atoms with Crippen LogP contribution in [0, 0.1) is 0 Å². The molecule has 22 heavy (non-hydrogen) atoms. The van der Waals surface area contributed by atoms with Gasteiger partial charge in [0.05, 0.1) is 0 Å². The number of halogens is 2. The second kappa shape index (κ2) is 8.32. The molecule has 1 aliphatic rings. The van der Waals surface area contributed by atoms with Crippen molar-refractivity contribution in [3.8, 4) is 0 Å². The monoisotopic (exact) mass is 341 g/mol. The number of pyridine rings is 1. The molecule has 6 heteroatoms. The van der Waals surface area contributed by atoms with Crippen molar-refractivity contribution in [3.63, 3.8) is 0 Å². The molecule has 2 aromatic rings. The van der Waals surface area contributed by atoms with Crippen molar-refractivity contribution in [2.45, 2.75) is 18.9 Å². The highest BCUT2D eigenvalue weighted by Gasteiger charge is 2.24. The number of fused-ring (bicyclic) bond motifs is 1. The summed E-state index contributed by atoms with van der Waals surface area (Å²) in [7, 11) is 1.89. The maximum Gasteiger partial charge on any atom is 0.273 e. The molecule has 0 spiro atoms. The van der Waals surface area contributed by atoms with Gasteiger partial charge in [0.1, 0.15) is 5.69 Å². The topological polar surface area (TPSA) is 45.2 Å². The van der Waals surface area contributed by atoms with Gasteiger partial charge in [0, 0.05) is 24.7 Å². The Morgan fingerprint density at radius 1 is 1.18 bits per heavy atom. The summed E-state index contributed by atoms with van der Waals surface area (Å²) in [5, 5.41) is 5.32. The Bertz CT molecular complexity index is 624. The first-order valence-electron chi connectivity index (χ1n) is 7.09. The molecule has 1 N–H and O–H groups in total. The zero-order valence-corrected chi connectivity index (χ0v) is 14.1. The van der Waals surface area contributed by atoms with Crippen LogP contribution in [0.25, 0.3) is 10.8 Å². The second-order valence-corrected chi connectivity index (χ2v) is 5.28. The average Bonchev–Trinajstić information content (AvgIpc) is 2.54. The van der Waals surface area contributed by atoms with Crippen LogP contribution >= 0.6 is 24.8 Å². The van der Waals surface area contributed by atoms with Gasteiger partial charge in [0.15, 0.2) is 0 Å². The number of rotatable bonds is 2. The van der Waals surface area contributed by atoms with Crippen molar-refractivity contribution in [3.05, 3.63) is 42.2 Å². The van der Waals surface area contributed by atoms with E-state index in [-0.39, 0.29) is 30.7 Å². The summed E-state index contributed by atoms with van der Waals surface area (Å²) >= 11 is 0. The molecule has 3 rings (SSSR count). The van der Waals surface area contributed by atoms with Crippen LogP contribution in [-0.2, 0) is 0 Å². The molecule has 4 nitrogen and oxygen atoms in total. The molecule has 120 valence electrons. The lowest BCUT2D eigenvalue weighted by atomic mass is 10.0. The molecular formula is C16H21Cl2N3O. The molecule has 0 aliphatic carbocycles. The van der Waals surface area contributed by atoms with Crippen LogP contribution in [0.1, 0.15) is 23.3 Å². The third-order valence-electron chi connectivity index (χ3n) is 4.05. The molecule has 1 saturated heterocycles. The van der Waals surface area contributed by atoms with E-state index in [4.69, 9.17) is 0 Å². The third-order valence-corrected chi connectivity index (χ3v) is 4.05. The van der Waals surface area contributed by atoms with Gasteiger partial charge < -0.3 is 10.2 Å². The molecular weight excluding hydrogens is 321 g/mol. The number of piperidine rings is 1. The van der Waals surface area contributed by atoms with Gasteiger partial charge in [0.25, 0.3) is 5.91 Å². The quantitative estimate of drug-likeness (QED) is 0.913. The number of benzene rings is 1. The molecule has 2 heterocycles. The first kappa shape index (κ1) is 18.7. The Morgan fingerprint density at radius 3 is 2.59 bits per heavy atom. The smallest absolute Gasteiger partial charge is 0.273 e. The Kier molecular flexibility index (Phi) is 7.07. The van der Waals surface area contributed by atoms with Crippen molar-refractivity contribution in [2.24, 2.45) is 0 Å². The predicted octanol–water partition coefficient (Wildman–Crippen LogP) is 2.90. The van der Waals surface area contributed by atoms with Crippen LogP contribution in [0.5, 0.6) is 0 Å². The number of nitrogens with zero attached hydrogens (tertiary/aromatic N) is 2. The number of carbonyl (C=O) groups excluding carboxylic acids is 1. The van der Waals surface area contributed by atoms with Crippen molar-refractivity contribution < 1.29 is 4.79 Å². The predicted molar refractivity (Wildman–Crippen MR) is 94.2 cm³/mol. The Morgan fingerprint density at radius 2 is 1.86 bits per heavy atom. The van der Waals surface area contributed by atoms with E-state index in [0.717, 1.165) is 36.7 Å². The molecule has 1 fully saturated rings. The largest absolute Gasteiger partial charge is 0.337 e. The highest BCUT2D eigenvalue weighted by molar-refractivity contribution is 6.05. The first-order chi connectivity index (χ1) is 9.77. The summed E-state index contributed by atoms with van der Waals surface area (Å²) in [6.45, 7) is 1.95. The minimum Gasteiger partial charge on any atom is -0.337 e. The minimum atomic E-state index is 0. The maximum atomic E-state index is 12.7. The Labute approximate surface area is 143 Å². The molecule has 0 unspecified atom stereocenters. The molecule has 0 radical (unpaired) electrons. The van der Waals surface area contributed by atoms with Crippen LogP contribution in [0.15, 0.2) is 36.5 Å². The molecule has 0 bridgehead atoms. The lowest BCUT2D eigenvalue weighted by molar-refractivity contribution is 0.0699. The van der Waals surface area contributed by atoms with Crippen molar-refractivity contribution in [2.75, 3.05) is 20.1 Å². The number of amides is 1. The number of hydrogen-bond donors (Lipinski definition) is 1. The second-order valence-electron chi connectivity index (χ2n) is 5.28. The summed E-state index contributed by atoms with van der Waals surface area (Å²) in [6, 6.07) is 10.2. The van der Waals surface area contributed by atoms with Gasteiger partial charge in [0.2, 0.25) is 0 Å². The summed E-state index contributed by atoms with van der Waals surface area (Å²) in [4.78, 5) is 18.9. The number of carbonyl (C=O) groups is 1. The lowest BCUT2D eigenvalue weighted by Crippen LogP contribution is -2.44. The van der Waals surface area contributed by atoms with Crippen LogP contribution in [0.3, 0.4) is 0 Å². The van der Waals surface area contributed by atoms with E-state index in [9.17, 15) is 4.79 Å². The fraction of sp³-hybridized carbons (Fsp3) is 0.375. The fourth-order valence-electron chi connectivity index (χ4n) is 2.82. The van der Waals surface area contributed by atoms with E-state index in [0.29, 0.717) is 11.7 Å². The van der Waals surface area contributed by atoms with E-state index < -0.39 is 0 Å². The van der Waals surface area contributed by atoms with Gasteiger partial charge in [-0.25, -0.2) is 0 Å². The zero-order chi connectivity index (χ0) is 13.9. The van der Waals surface area contributed by atoms with Crippen molar-refractivity contribution >= 4 is 41.5 Å². The number of nitrogens with one attached hydrogen (secondary N) is 1. The first-order valence-corrected chi connectivity index (χ1v) is 7.09. The highest BCUT2D eigenvalue weighted by atomic mass is 35.5. The highest BCUT2D eigenvalue weighted by Crippen LogP contribution is 2.19. The van der Waals surface area contributed by atoms with Gasteiger partial charge in [-0.3, -0.25) is 9.78 Å². The molecule has 1 aromatic carbocycles. The van der Waals surface area contributed by atoms with Gasteiger partial charge in [-0.2, -0.15) is 0 Å². The Hall–Kier alpha value is -1.36. The summed E-state index contributed by atoms with van der Waals surface area (Å²) in [5.74, 6) is 0.0219. The normalized spacial score (nSPS) is 14.8. The molecule has 0 saturated carbocycles. The van der Waals surface area contributed by atoms with Crippen molar-refractivity contribution in [1.29, 1.82) is 0 Å². The number of hydrogen-bond acceptors (Lipinski definition) is 3. The van der Waals surface area contributed by atoms with Crippen LogP contribution in [0.4, 0.5) is 0 Å². The summed E-state index contributed by atoms with van der Waals surface area (Å²) < 4.78 is 0. The third kappa shape index (κ3) is 3.69. The molecule has 1 aliphatic heterocycles. The molecule has 1 amide bonds. The molecule has 1 aromatic heterocycles. The SMILES string of the molecule is CN(C(=O)c1nccc2ccccc12)C1CCNCC1.Cl.Cl. The van der Waals surface area contributed by atoms with E-state index in [1.165, 1.54) is 0 Å². The van der Waals surface area contributed by atoms with E-state index >= 15 is 0 Å². The zero-order valence-electron chi connectivity index (χ0n) is 12.5. The van der Waals surface area contributed by atoms with E-state index in [1.54, 1.807) is 6.20 Å². The van der Waals surface area contributed by atoms with Gasteiger partial charge in [-0.1, -0.05) is 24.3 Å². The Balaban J connectivity index is 0.00000121. The van der Waals surface area contributed by atoms with Crippen LogP contribution in [0.2, 0.25) is 0 Å². The standard InChI is InChI=1S/C16H19N3O.2ClH/c1-19(13-7-9-17-10-8-13)16(20)15-14-5-3-2-4-12(14)6-11-18-15;;/h2-6,11,13,17H,7-10H2,1H3;2*1H. The van der Waals surface area contributed by atoms with E-state index in [1.807, 2.05) is 42.3 Å². The van der Waals surface area contributed by atoms with Crippen LogP contribution in [-0.4, -0.2) is 42.0 Å². The van der Waals surface area contributed by atoms with Crippen molar-refractivity contribution in [1.82, 2.24) is 15.2 Å². The summed E-state index contributed by atoms with van der Waals surface area (Å²) in [6.07, 6.45) is 3.73. The number of aromatic nitrogens is 1. The van der Waals surface area contributed by atoms with Gasteiger partial charge in [-0.15, -0.1) is 24.8 Å². The van der Waals surface area contributed by atoms with Gasteiger partial charge in [-0.05, 0) is 37.4 Å². The molecule has 0 atom stereocenters. The maximum absolute atomic E-state index is 12.7. The van der Waals surface area contributed by atoms with Gasteiger partial charge >= 0.3 is 0 Å². The average molecular weight is 342 g/mol. The minimum absolute atomic E-state index is 0. The van der Waals surface area contributed by atoms with Crippen LogP contribution < -0.4 is 5.32 Å². The fourth-order valence-corrected chi connectivity index (χ4v) is 2.82. The van der Waals surface area contributed by atoms with E-state index in [2.05, 4.69) is 10.3 Å². The lowest BCUT2D eigenvalue weighted by Gasteiger charge is -2.31. The summed E-state index contributed by atoms with van der Waals surface area (Å²) in [5.41, 5.74) is 0.559.